The van der Waals surface area contributed by atoms with Crippen LogP contribution in [0, 0.1) is 24.1 Å². The van der Waals surface area contributed by atoms with Crippen molar-refractivity contribution >= 4 is 11.5 Å². The molecule has 0 atom stereocenters. The van der Waals surface area contributed by atoms with E-state index in [0.717, 1.165) is 0 Å². The minimum absolute atomic E-state index is 0.121. The maximum atomic E-state index is 13.9. The highest BCUT2D eigenvalue weighted by atomic mass is 19.1. The van der Waals surface area contributed by atoms with E-state index in [2.05, 4.69) is 0 Å². The fourth-order valence-corrected chi connectivity index (χ4v) is 1.92. The number of halogens is 1. The van der Waals surface area contributed by atoms with Gasteiger partial charge in [-0.3, -0.25) is 4.79 Å². The summed E-state index contributed by atoms with van der Waals surface area (Å²) in [5, 5.41) is 9.12. The first-order valence-corrected chi connectivity index (χ1v) is 6.21. The molecule has 2 N–H and O–H groups in total. The predicted molar refractivity (Wildman–Crippen MR) is 76.8 cm³/mol. The molecule has 2 aromatic rings. The van der Waals surface area contributed by atoms with Gasteiger partial charge < -0.3 is 10.5 Å². The lowest BCUT2D eigenvalue weighted by Crippen LogP contribution is -2.01. The lowest BCUT2D eigenvalue weighted by Gasteiger charge is -2.11. The van der Waals surface area contributed by atoms with Gasteiger partial charge in [0, 0.05) is 11.3 Å². The number of aryl methyl sites for hydroxylation is 1. The number of rotatable bonds is 3. The zero-order valence-corrected chi connectivity index (χ0v) is 11.6. The number of benzene rings is 2. The molecule has 4 nitrogen and oxygen atoms in total. The van der Waals surface area contributed by atoms with Gasteiger partial charge in [0.25, 0.3) is 0 Å². The SMILES string of the molecule is CC(=O)c1cc(Oc2c(F)ccc(C)c2C#N)ccc1N. The van der Waals surface area contributed by atoms with Crippen molar-refractivity contribution in [2.75, 3.05) is 5.73 Å². The third kappa shape index (κ3) is 2.84. The van der Waals surface area contributed by atoms with E-state index in [1.807, 2.05) is 6.07 Å². The molecule has 106 valence electrons. The van der Waals surface area contributed by atoms with E-state index < -0.39 is 5.82 Å². The first-order valence-electron chi connectivity index (χ1n) is 6.21. The lowest BCUT2D eigenvalue weighted by atomic mass is 10.1. The number of carbonyl (C=O) groups excluding carboxylic acids is 1. The Hall–Kier alpha value is -2.87. The highest BCUT2D eigenvalue weighted by Gasteiger charge is 2.15. The predicted octanol–water partition coefficient (Wildman–Crippen LogP) is 3.58. The average Bonchev–Trinajstić information content (AvgIpc) is 2.44. The van der Waals surface area contributed by atoms with E-state index in [-0.39, 0.29) is 22.8 Å². The van der Waals surface area contributed by atoms with Gasteiger partial charge in [-0.05, 0) is 43.7 Å². The van der Waals surface area contributed by atoms with Crippen molar-refractivity contribution in [1.82, 2.24) is 0 Å². The van der Waals surface area contributed by atoms with Crippen LogP contribution >= 0.6 is 0 Å². The summed E-state index contributed by atoms with van der Waals surface area (Å²) in [6.45, 7) is 3.07. The fourth-order valence-electron chi connectivity index (χ4n) is 1.92. The summed E-state index contributed by atoms with van der Waals surface area (Å²) in [7, 11) is 0. The van der Waals surface area contributed by atoms with E-state index in [1.165, 1.54) is 37.3 Å². The first kappa shape index (κ1) is 14.5. The molecule has 0 heterocycles. The van der Waals surface area contributed by atoms with Gasteiger partial charge in [-0.1, -0.05) is 6.07 Å². The topological polar surface area (TPSA) is 76.1 Å². The van der Waals surface area contributed by atoms with Crippen molar-refractivity contribution in [3.05, 3.63) is 52.8 Å². The van der Waals surface area contributed by atoms with Crippen LogP contribution in [0.3, 0.4) is 0 Å². The van der Waals surface area contributed by atoms with Crippen molar-refractivity contribution in [1.29, 1.82) is 5.26 Å². The van der Waals surface area contributed by atoms with Crippen LogP contribution in [0.1, 0.15) is 28.4 Å². The van der Waals surface area contributed by atoms with E-state index in [9.17, 15) is 9.18 Å². The third-order valence-corrected chi connectivity index (χ3v) is 3.05. The highest BCUT2D eigenvalue weighted by molar-refractivity contribution is 5.99. The molecule has 0 radical (unpaired) electrons. The van der Waals surface area contributed by atoms with Crippen molar-refractivity contribution in [3.8, 4) is 17.6 Å². The van der Waals surface area contributed by atoms with Gasteiger partial charge in [0.2, 0.25) is 0 Å². The maximum Gasteiger partial charge on any atom is 0.181 e. The second kappa shape index (κ2) is 5.63. The molecule has 0 fully saturated rings. The van der Waals surface area contributed by atoms with Crippen LogP contribution in [-0.4, -0.2) is 5.78 Å². The number of nitriles is 1. The van der Waals surface area contributed by atoms with E-state index in [4.69, 9.17) is 15.7 Å². The van der Waals surface area contributed by atoms with Gasteiger partial charge in [0.1, 0.15) is 17.4 Å². The third-order valence-electron chi connectivity index (χ3n) is 3.05. The van der Waals surface area contributed by atoms with Crippen LogP contribution in [0.2, 0.25) is 0 Å². The Labute approximate surface area is 121 Å². The number of hydrogen-bond acceptors (Lipinski definition) is 4. The molecule has 2 aromatic carbocycles. The second-order valence-corrected chi connectivity index (χ2v) is 4.59. The minimum Gasteiger partial charge on any atom is -0.453 e. The van der Waals surface area contributed by atoms with Gasteiger partial charge >= 0.3 is 0 Å². The molecule has 0 bridgehead atoms. The largest absolute Gasteiger partial charge is 0.453 e. The van der Waals surface area contributed by atoms with Crippen LogP contribution in [0.15, 0.2) is 30.3 Å². The van der Waals surface area contributed by atoms with Gasteiger partial charge in [-0.2, -0.15) is 5.26 Å². The summed E-state index contributed by atoms with van der Waals surface area (Å²) < 4.78 is 19.3. The van der Waals surface area contributed by atoms with Crippen molar-refractivity contribution in [3.63, 3.8) is 0 Å². The van der Waals surface area contributed by atoms with Gasteiger partial charge in [-0.25, -0.2) is 4.39 Å². The molecule has 0 aromatic heterocycles. The molecular formula is C16H13FN2O2. The number of nitrogens with zero attached hydrogens (tertiary/aromatic N) is 1. The smallest absolute Gasteiger partial charge is 0.181 e. The fraction of sp³-hybridized carbons (Fsp3) is 0.125. The Kier molecular flexibility index (Phi) is 3.90. The van der Waals surface area contributed by atoms with Crippen LogP contribution in [0.4, 0.5) is 10.1 Å². The number of nitrogen functional groups attached to an aromatic ring is 1. The number of Topliss-reactive ketones (excluding diaryl/α,β-unsaturated/α-hetero) is 1. The summed E-state index contributed by atoms with van der Waals surface area (Å²) in [5.41, 5.74) is 7.03. The van der Waals surface area contributed by atoms with Gasteiger partial charge in [0.15, 0.2) is 17.3 Å². The molecule has 0 saturated heterocycles. The minimum atomic E-state index is -0.640. The lowest BCUT2D eigenvalue weighted by molar-refractivity contribution is 0.101. The number of hydrogen-bond donors (Lipinski definition) is 1. The molecule has 0 saturated carbocycles. The molecule has 5 heteroatoms. The number of ether oxygens (including phenoxy) is 1. The number of ketones is 1. The Bertz CT molecular complexity index is 764. The second-order valence-electron chi connectivity index (χ2n) is 4.59. The highest BCUT2D eigenvalue weighted by Crippen LogP contribution is 2.31. The Morgan fingerprint density at radius 2 is 2.05 bits per heavy atom. The van der Waals surface area contributed by atoms with Crippen molar-refractivity contribution in [2.24, 2.45) is 0 Å². The molecule has 0 aliphatic heterocycles. The van der Waals surface area contributed by atoms with Gasteiger partial charge in [-0.15, -0.1) is 0 Å². The van der Waals surface area contributed by atoms with Crippen molar-refractivity contribution in [2.45, 2.75) is 13.8 Å². The molecule has 0 amide bonds. The molecular weight excluding hydrogens is 271 g/mol. The van der Waals surface area contributed by atoms with E-state index in [0.29, 0.717) is 16.8 Å². The van der Waals surface area contributed by atoms with Crippen LogP contribution in [0.25, 0.3) is 0 Å². The Morgan fingerprint density at radius 3 is 2.67 bits per heavy atom. The summed E-state index contributed by atoms with van der Waals surface area (Å²) in [4.78, 5) is 11.5. The number of anilines is 1. The quantitative estimate of drug-likeness (QED) is 0.690. The standard InChI is InChI=1S/C16H13FN2O2/c1-9-3-5-14(17)16(13(9)8-18)21-11-4-6-15(19)12(7-11)10(2)20/h3-7H,19H2,1-2H3. The Balaban J connectivity index is 2.49. The first-order chi connectivity index (χ1) is 9.93. The molecule has 0 aliphatic carbocycles. The van der Waals surface area contributed by atoms with Gasteiger partial charge in [0.05, 0.1) is 0 Å². The van der Waals surface area contributed by atoms with E-state index >= 15 is 0 Å². The monoisotopic (exact) mass is 284 g/mol. The zero-order chi connectivity index (χ0) is 15.6. The Morgan fingerprint density at radius 1 is 1.33 bits per heavy atom. The zero-order valence-electron chi connectivity index (χ0n) is 11.6. The molecule has 0 unspecified atom stereocenters. The molecule has 0 spiro atoms. The summed E-state index contributed by atoms with van der Waals surface area (Å²) in [6, 6.07) is 9.11. The number of nitrogens with two attached hydrogens (primary N) is 1. The van der Waals surface area contributed by atoms with Crippen molar-refractivity contribution < 1.29 is 13.9 Å². The normalized spacial score (nSPS) is 10.0. The summed E-state index contributed by atoms with van der Waals surface area (Å²) in [6.07, 6.45) is 0. The summed E-state index contributed by atoms with van der Waals surface area (Å²) in [5.74, 6) is -0.770. The van der Waals surface area contributed by atoms with Crippen LogP contribution in [-0.2, 0) is 0 Å². The number of carbonyl (C=O) groups is 1. The van der Waals surface area contributed by atoms with Crippen LogP contribution < -0.4 is 10.5 Å². The van der Waals surface area contributed by atoms with Crippen LogP contribution in [0.5, 0.6) is 11.5 Å². The summed E-state index contributed by atoms with van der Waals surface area (Å²) >= 11 is 0. The molecule has 2 rings (SSSR count). The molecule has 0 aliphatic rings. The molecule has 21 heavy (non-hydrogen) atoms. The maximum absolute atomic E-state index is 13.9. The van der Waals surface area contributed by atoms with E-state index in [1.54, 1.807) is 6.92 Å². The average molecular weight is 284 g/mol.